The van der Waals surface area contributed by atoms with Crippen molar-refractivity contribution in [3.63, 3.8) is 0 Å². The molecule has 0 aliphatic carbocycles. The molecule has 0 saturated carbocycles. The Morgan fingerprint density at radius 1 is 0.422 bits per heavy atom. The first-order chi connectivity index (χ1) is 20.8. The zero-order chi connectivity index (χ0) is 31.1. The molecule has 2 aromatic heterocycles. The van der Waals surface area contributed by atoms with E-state index in [1.807, 2.05) is 0 Å². The van der Waals surface area contributed by atoms with E-state index >= 15 is 0 Å². The Hall–Kier alpha value is -3.61. The number of nitrogens with zero attached hydrogens (tertiary/aromatic N) is 2. The van der Waals surface area contributed by atoms with Gasteiger partial charge in [0.25, 0.3) is 0 Å². The van der Waals surface area contributed by atoms with Crippen LogP contribution in [0.15, 0.2) is 97.1 Å². The molecular formula is C42H40N2Pt. The van der Waals surface area contributed by atoms with Crippen molar-refractivity contribution in [2.24, 2.45) is 0 Å². The molecule has 228 valence electrons. The van der Waals surface area contributed by atoms with E-state index in [9.17, 15) is 0 Å². The van der Waals surface area contributed by atoms with Crippen LogP contribution in [-0.4, -0.2) is 9.97 Å². The number of benzene rings is 4. The molecule has 0 N–H and O–H groups in total. The van der Waals surface area contributed by atoms with Crippen LogP contribution in [0.3, 0.4) is 0 Å². The normalized spacial score (nSPS) is 17.4. The maximum atomic E-state index is 5.53. The van der Waals surface area contributed by atoms with Crippen LogP contribution >= 0.6 is 0 Å². The summed E-state index contributed by atoms with van der Waals surface area (Å²) in [4.78, 5) is 11.1. The van der Waals surface area contributed by atoms with Crippen LogP contribution in [0, 0.1) is 12.1 Å². The van der Waals surface area contributed by atoms with E-state index in [1.54, 1.807) is 0 Å². The molecule has 6 aromatic rings. The maximum absolute atomic E-state index is 5.53. The largest absolute Gasteiger partial charge is 2.00 e. The fourth-order valence-electron chi connectivity index (χ4n) is 6.92. The van der Waals surface area contributed by atoms with Crippen molar-refractivity contribution in [2.75, 3.05) is 0 Å². The van der Waals surface area contributed by atoms with Gasteiger partial charge in [-0.25, -0.2) is 0 Å². The zero-order valence-electron chi connectivity index (χ0n) is 27.4. The van der Waals surface area contributed by atoms with Gasteiger partial charge in [-0.05, 0) is 22.9 Å². The summed E-state index contributed by atoms with van der Waals surface area (Å²) in [6.07, 6.45) is 0. The molecule has 3 heteroatoms. The standard InChI is InChI=1S/C42H40N2.Pt/c1-39(2)29-17-13-19-31(25-29)41(5,6)38-34-22-12-10-16-28(34)24-36(44-38)40(3,4)30-18-14-20-32(26-30)42(7,8)37-33-21-11-9-15-27(33)23-35(39)43-37;/h9-24H,1-8H3;/q-2;+2. The molecule has 4 aromatic carbocycles. The molecule has 0 atom stereocenters. The molecule has 0 radical (unpaired) electrons. The van der Waals surface area contributed by atoms with E-state index in [0.29, 0.717) is 0 Å². The van der Waals surface area contributed by atoms with E-state index in [-0.39, 0.29) is 31.9 Å². The minimum Gasteiger partial charge on any atom is -0.256 e. The van der Waals surface area contributed by atoms with Gasteiger partial charge < -0.3 is 0 Å². The van der Waals surface area contributed by atoms with Crippen LogP contribution in [0.1, 0.15) is 100 Å². The third kappa shape index (κ3) is 4.88. The first-order valence-corrected chi connectivity index (χ1v) is 15.7. The van der Waals surface area contributed by atoms with Crippen molar-refractivity contribution in [1.82, 2.24) is 9.97 Å². The van der Waals surface area contributed by atoms with Crippen molar-refractivity contribution in [2.45, 2.75) is 77.0 Å². The summed E-state index contributed by atoms with van der Waals surface area (Å²) in [5, 5.41) is 4.76. The van der Waals surface area contributed by atoms with E-state index < -0.39 is 10.8 Å². The molecule has 7 rings (SSSR count). The second-order valence-corrected chi connectivity index (χ2v) is 14.6. The Labute approximate surface area is 282 Å². The summed E-state index contributed by atoms with van der Waals surface area (Å²) < 4.78 is 0. The molecule has 0 spiro atoms. The topological polar surface area (TPSA) is 25.8 Å². The molecular weight excluding hydrogens is 728 g/mol. The summed E-state index contributed by atoms with van der Waals surface area (Å²) in [6.45, 7) is 18.2. The second-order valence-electron chi connectivity index (χ2n) is 14.6. The van der Waals surface area contributed by atoms with Gasteiger partial charge in [0.2, 0.25) is 0 Å². The summed E-state index contributed by atoms with van der Waals surface area (Å²) in [5.74, 6) is 0. The SMILES string of the molecule is CC1(C)c2[c-]c(ccc2)C(C)(C)c2nc(cc3ccccc23)C(C)(C)c2[c-]c(ccc2)C(C)(C)c2nc1cc1ccccc21.[Pt+2]. The number of fused-ring (bicyclic) bond motifs is 12. The van der Waals surface area contributed by atoms with Gasteiger partial charge in [0, 0.05) is 43.8 Å². The fourth-order valence-corrected chi connectivity index (χ4v) is 6.92. The van der Waals surface area contributed by atoms with Gasteiger partial charge in [-0.2, -0.15) is 70.8 Å². The van der Waals surface area contributed by atoms with E-state index in [4.69, 9.17) is 9.97 Å². The number of pyridine rings is 2. The summed E-state index contributed by atoms with van der Waals surface area (Å²) >= 11 is 0. The molecule has 0 fully saturated rings. The maximum Gasteiger partial charge on any atom is 2.00 e. The first kappa shape index (κ1) is 31.4. The minimum absolute atomic E-state index is 0. The third-order valence-corrected chi connectivity index (χ3v) is 10.2. The molecule has 3 heterocycles. The molecule has 45 heavy (non-hydrogen) atoms. The van der Waals surface area contributed by atoms with Crippen LogP contribution in [0.5, 0.6) is 0 Å². The average molecular weight is 768 g/mol. The molecule has 1 aliphatic rings. The molecule has 0 amide bonds. The Morgan fingerprint density at radius 2 is 0.756 bits per heavy atom. The van der Waals surface area contributed by atoms with Gasteiger partial charge in [0.05, 0.1) is 11.4 Å². The summed E-state index contributed by atoms with van der Waals surface area (Å²) in [5.41, 5.74) is 7.14. The van der Waals surface area contributed by atoms with E-state index in [0.717, 1.165) is 45.0 Å². The summed E-state index contributed by atoms with van der Waals surface area (Å²) in [6, 6.07) is 42.8. The molecule has 2 nitrogen and oxygen atoms in total. The Balaban J connectivity index is 0.00000357. The molecule has 0 unspecified atom stereocenters. The minimum atomic E-state index is -0.398. The predicted molar refractivity (Wildman–Crippen MR) is 183 cm³/mol. The third-order valence-electron chi connectivity index (χ3n) is 10.2. The predicted octanol–water partition coefficient (Wildman–Crippen LogP) is 10.00. The Morgan fingerprint density at radius 3 is 1.13 bits per heavy atom. The number of hydrogen-bond acceptors (Lipinski definition) is 2. The average Bonchev–Trinajstić information content (AvgIpc) is 3.03. The first-order valence-electron chi connectivity index (χ1n) is 15.7. The Bertz CT molecular complexity index is 1930. The van der Waals surface area contributed by atoms with E-state index in [1.165, 1.54) is 21.5 Å². The van der Waals surface area contributed by atoms with Gasteiger partial charge >= 0.3 is 21.1 Å². The molecule has 8 bridgehead atoms. The van der Waals surface area contributed by atoms with Crippen molar-refractivity contribution in [3.05, 3.63) is 154 Å². The van der Waals surface area contributed by atoms with Gasteiger partial charge in [-0.1, -0.05) is 104 Å². The number of hydrogen-bond donors (Lipinski definition) is 0. The van der Waals surface area contributed by atoms with Crippen molar-refractivity contribution in [3.8, 4) is 0 Å². The van der Waals surface area contributed by atoms with Crippen LogP contribution < -0.4 is 0 Å². The smallest absolute Gasteiger partial charge is 0.256 e. The van der Waals surface area contributed by atoms with Crippen molar-refractivity contribution in [1.29, 1.82) is 0 Å². The van der Waals surface area contributed by atoms with Gasteiger partial charge in [-0.15, -0.1) is 0 Å². The monoisotopic (exact) mass is 767 g/mol. The van der Waals surface area contributed by atoms with Gasteiger partial charge in [-0.3, -0.25) is 9.97 Å². The van der Waals surface area contributed by atoms with Crippen LogP contribution in [-0.2, 0) is 42.7 Å². The zero-order valence-corrected chi connectivity index (χ0v) is 29.7. The van der Waals surface area contributed by atoms with Crippen LogP contribution in [0.25, 0.3) is 21.5 Å². The van der Waals surface area contributed by atoms with Crippen molar-refractivity contribution < 1.29 is 21.1 Å². The van der Waals surface area contributed by atoms with E-state index in [2.05, 4.69) is 165 Å². The second kappa shape index (κ2) is 10.7. The Kier molecular flexibility index (Phi) is 7.49. The van der Waals surface area contributed by atoms with Crippen LogP contribution in [0.2, 0.25) is 0 Å². The summed E-state index contributed by atoms with van der Waals surface area (Å²) in [7, 11) is 0. The van der Waals surface area contributed by atoms with Crippen molar-refractivity contribution >= 4 is 21.5 Å². The quantitative estimate of drug-likeness (QED) is 0.144. The number of aromatic nitrogens is 2. The van der Waals surface area contributed by atoms with Crippen LogP contribution in [0.4, 0.5) is 0 Å². The van der Waals surface area contributed by atoms with Gasteiger partial charge in [0.1, 0.15) is 0 Å². The molecule has 1 aliphatic heterocycles. The van der Waals surface area contributed by atoms with Gasteiger partial charge in [0.15, 0.2) is 0 Å². The molecule has 0 saturated heterocycles. The number of rotatable bonds is 0. The fraction of sp³-hybridized carbons (Fsp3) is 0.286.